The Balaban J connectivity index is 1.48. The molecule has 0 saturated heterocycles. The zero-order valence-corrected chi connectivity index (χ0v) is 20.2. The fourth-order valence-electron chi connectivity index (χ4n) is 4.24. The molecular weight excluding hydrogens is 458 g/mol. The number of aryl methyl sites for hydroxylation is 2. The van der Waals surface area contributed by atoms with Gasteiger partial charge in [-0.15, -0.1) is 0 Å². The van der Waals surface area contributed by atoms with Gasteiger partial charge in [0.2, 0.25) is 5.91 Å². The van der Waals surface area contributed by atoms with Crippen LogP contribution < -0.4 is 19.9 Å². The van der Waals surface area contributed by atoms with Crippen LogP contribution in [-0.4, -0.2) is 50.9 Å². The molecule has 0 saturated carbocycles. The van der Waals surface area contributed by atoms with Crippen molar-refractivity contribution in [3.63, 3.8) is 0 Å². The summed E-state index contributed by atoms with van der Waals surface area (Å²) >= 11 is 0. The number of methoxy groups -OCH3 is 2. The number of nitrogens with zero attached hydrogens (tertiary/aromatic N) is 3. The fraction of sp³-hybridized carbons (Fsp3) is 0.375. The van der Waals surface area contributed by atoms with Crippen molar-refractivity contribution >= 4 is 32.3 Å². The van der Waals surface area contributed by atoms with Crippen molar-refractivity contribution < 1.29 is 22.7 Å². The Hall–Kier alpha value is -3.40. The molecule has 10 heteroatoms. The van der Waals surface area contributed by atoms with Crippen LogP contribution in [0.3, 0.4) is 0 Å². The van der Waals surface area contributed by atoms with Crippen LogP contribution >= 0.6 is 0 Å². The van der Waals surface area contributed by atoms with Gasteiger partial charge in [0.1, 0.15) is 0 Å². The molecule has 1 aliphatic heterocycles. The van der Waals surface area contributed by atoms with Gasteiger partial charge in [0.15, 0.2) is 21.3 Å². The number of ether oxygens (including phenoxy) is 2. The summed E-state index contributed by atoms with van der Waals surface area (Å²) in [6.07, 6.45) is 4.87. The van der Waals surface area contributed by atoms with Gasteiger partial charge < -0.3 is 14.4 Å². The third-order valence-corrected chi connectivity index (χ3v) is 7.13. The van der Waals surface area contributed by atoms with E-state index in [1.54, 1.807) is 35.2 Å². The van der Waals surface area contributed by atoms with Crippen LogP contribution in [0, 0.1) is 0 Å². The summed E-state index contributed by atoms with van der Waals surface area (Å²) in [6.45, 7) is 0.929. The Kier molecular flexibility index (Phi) is 6.60. The first-order chi connectivity index (χ1) is 16.2. The Morgan fingerprint density at radius 1 is 1.12 bits per heavy atom. The smallest absolute Gasteiger partial charge is 0.261 e. The van der Waals surface area contributed by atoms with Crippen molar-refractivity contribution in [3.05, 3.63) is 52.6 Å². The van der Waals surface area contributed by atoms with Crippen molar-refractivity contribution in [2.45, 2.75) is 37.1 Å². The predicted octanol–water partition coefficient (Wildman–Crippen LogP) is 2.58. The number of aromatic nitrogens is 2. The number of sulfone groups is 1. The molecule has 9 nitrogen and oxygen atoms in total. The summed E-state index contributed by atoms with van der Waals surface area (Å²) in [5, 5.41) is 0.415. The van der Waals surface area contributed by atoms with Crippen LogP contribution in [0.5, 0.6) is 11.5 Å². The lowest BCUT2D eigenvalue weighted by molar-refractivity contribution is -0.118. The Morgan fingerprint density at radius 2 is 1.85 bits per heavy atom. The summed E-state index contributed by atoms with van der Waals surface area (Å²) in [6, 6.07) is 8.19. The van der Waals surface area contributed by atoms with E-state index in [1.165, 1.54) is 31.4 Å². The van der Waals surface area contributed by atoms with Crippen LogP contribution in [0.15, 0.2) is 46.3 Å². The maximum absolute atomic E-state index is 13.0. The van der Waals surface area contributed by atoms with E-state index in [2.05, 4.69) is 4.98 Å². The van der Waals surface area contributed by atoms with Gasteiger partial charge in [0.25, 0.3) is 5.56 Å². The number of rotatable bonds is 7. The molecule has 0 N–H and O–H groups in total. The maximum atomic E-state index is 13.0. The highest BCUT2D eigenvalue weighted by Crippen LogP contribution is 2.31. The SMILES string of the molecule is COc1cc2ncn(CCCC(=O)N3CCCc4cc(S(C)(=O)=O)ccc43)c(=O)c2cc1OC. The quantitative estimate of drug-likeness (QED) is 0.506. The van der Waals surface area contributed by atoms with E-state index in [9.17, 15) is 18.0 Å². The molecule has 2 aromatic carbocycles. The number of anilines is 1. The van der Waals surface area contributed by atoms with E-state index >= 15 is 0 Å². The molecule has 0 bridgehead atoms. The molecule has 180 valence electrons. The van der Waals surface area contributed by atoms with Crippen LogP contribution in [0.4, 0.5) is 5.69 Å². The normalized spacial score (nSPS) is 13.6. The van der Waals surface area contributed by atoms with E-state index in [0.717, 1.165) is 24.1 Å². The van der Waals surface area contributed by atoms with Crippen molar-refractivity contribution in [3.8, 4) is 11.5 Å². The highest BCUT2D eigenvalue weighted by atomic mass is 32.2. The van der Waals surface area contributed by atoms with E-state index in [4.69, 9.17) is 9.47 Å². The molecule has 1 aromatic heterocycles. The van der Waals surface area contributed by atoms with Crippen LogP contribution in [-0.2, 0) is 27.6 Å². The molecule has 0 aliphatic carbocycles. The molecule has 0 fully saturated rings. The number of hydrogen-bond acceptors (Lipinski definition) is 7. The summed E-state index contributed by atoms with van der Waals surface area (Å²) in [5.74, 6) is 0.890. The zero-order valence-electron chi connectivity index (χ0n) is 19.4. The number of benzene rings is 2. The van der Waals surface area contributed by atoms with Gasteiger partial charge >= 0.3 is 0 Å². The number of carbonyl (C=O) groups excluding carboxylic acids is 1. The lowest BCUT2D eigenvalue weighted by Gasteiger charge is -2.30. The second-order valence-electron chi connectivity index (χ2n) is 8.28. The van der Waals surface area contributed by atoms with Crippen LogP contribution in [0.2, 0.25) is 0 Å². The van der Waals surface area contributed by atoms with Gasteiger partial charge in [-0.05, 0) is 49.1 Å². The molecule has 0 spiro atoms. The summed E-state index contributed by atoms with van der Waals surface area (Å²) in [7, 11) is -0.278. The fourth-order valence-corrected chi connectivity index (χ4v) is 4.92. The summed E-state index contributed by atoms with van der Waals surface area (Å²) in [5.41, 5.74) is 1.92. The molecule has 0 atom stereocenters. The van der Waals surface area contributed by atoms with Gasteiger partial charge in [0, 0.05) is 37.5 Å². The number of hydrogen-bond donors (Lipinski definition) is 0. The number of amides is 1. The molecule has 1 amide bonds. The molecule has 0 unspecified atom stereocenters. The Labute approximate surface area is 197 Å². The van der Waals surface area contributed by atoms with Crippen molar-refractivity contribution in [2.24, 2.45) is 0 Å². The topological polar surface area (TPSA) is 108 Å². The molecular formula is C24H27N3O6S. The minimum absolute atomic E-state index is 0.0544. The zero-order chi connectivity index (χ0) is 24.5. The largest absolute Gasteiger partial charge is 0.493 e. The first-order valence-electron chi connectivity index (χ1n) is 11.0. The Morgan fingerprint density at radius 3 is 2.56 bits per heavy atom. The maximum Gasteiger partial charge on any atom is 0.261 e. The first kappa shape index (κ1) is 23.7. The minimum Gasteiger partial charge on any atom is -0.493 e. The van der Waals surface area contributed by atoms with Crippen molar-refractivity contribution in [1.29, 1.82) is 0 Å². The molecule has 0 radical (unpaired) electrons. The Bertz CT molecular complexity index is 1410. The third kappa shape index (κ3) is 4.63. The number of carbonyl (C=O) groups is 1. The monoisotopic (exact) mass is 485 g/mol. The van der Waals surface area contributed by atoms with Crippen molar-refractivity contribution in [2.75, 3.05) is 31.9 Å². The van der Waals surface area contributed by atoms with Gasteiger partial charge in [-0.2, -0.15) is 0 Å². The van der Waals surface area contributed by atoms with Gasteiger partial charge in [-0.3, -0.25) is 14.2 Å². The first-order valence-corrected chi connectivity index (χ1v) is 12.9. The van der Waals surface area contributed by atoms with Crippen LogP contribution in [0.1, 0.15) is 24.8 Å². The molecule has 4 rings (SSSR count). The van der Waals surface area contributed by atoms with Gasteiger partial charge in [0.05, 0.1) is 36.3 Å². The molecule has 2 heterocycles. The van der Waals surface area contributed by atoms with E-state index < -0.39 is 9.84 Å². The van der Waals surface area contributed by atoms with Crippen LogP contribution in [0.25, 0.3) is 10.9 Å². The molecule has 1 aliphatic rings. The lowest BCUT2D eigenvalue weighted by Crippen LogP contribution is -2.35. The highest BCUT2D eigenvalue weighted by Gasteiger charge is 2.23. The minimum atomic E-state index is -3.30. The third-order valence-electron chi connectivity index (χ3n) is 6.02. The number of fused-ring (bicyclic) bond motifs is 2. The van der Waals surface area contributed by atoms with Crippen molar-refractivity contribution in [1.82, 2.24) is 9.55 Å². The molecule has 3 aromatic rings. The lowest BCUT2D eigenvalue weighted by atomic mass is 10.0. The van der Waals surface area contributed by atoms with E-state index in [-0.39, 0.29) is 22.8 Å². The summed E-state index contributed by atoms with van der Waals surface area (Å²) < 4.78 is 35.8. The average Bonchev–Trinajstić information content (AvgIpc) is 2.83. The highest BCUT2D eigenvalue weighted by molar-refractivity contribution is 7.90. The van der Waals surface area contributed by atoms with E-state index in [0.29, 0.717) is 41.9 Å². The molecule has 34 heavy (non-hydrogen) atoms. The second-order valence-corrected chi connectivity index (χ2v) is 10.3. The van der Waals surface area contributed by atoms with Gasteiger partial charge in [-0.25, -0.2) is 13.4 Å². The second kappa shape index (κ2) is 9.46. The summed E-state index contributed by atoms with van der Waals surface area (Å²) in [4.78, 5) is 32.2. The van der Waals surface area contributed by atoms with Gasteiger partial charge in [-0.1, -0.05) is 0 Å². The standard InChI is InChI=1S/C24H27N3O6S/c1-32-21-13-18-19(14-22(21)33-2)25-15-26(24(18)29)10-5-7-23(28)27-11-4-6-16-12-17(34(3,30)31)8-9-20(16)27/h8-9,12-15H,4-7,10-11H2,1-3H3. The van der Waals surface area contributed by atoms with E-state index in [1.807, 2.05) is 0 Å². The average molecular weight is 486 g/mol. The predicted molar refractivity (Wildman–Crippen MR) is 129 cm³/mol.